The highest BCUT2D eigenvalue weighted by atomic mass is 35.5. The number of amides is 1. The van der Waals surface area contributed by atoms with Gasteiger partial charge in [0.15, 0.2) is 5.65 Å². The monoisotopic (exact) mass is 427 g/mol. The van der Waals surface area contributed by atoms with Crippen molar-refractivity contribution in [2.45, 2.75) is 11.8 Å². The first-order valence-electron chi connectivity index (χ1n) is 9.75. The maximum atomic E-state index is 14.7. The topological polar surface area (TPSA) is 91.2 Å². The molecule has 2 aliphatic rings. The minimum atomic E-state index is -1.10. The second-order valence-corrected chi connectivity index (χ2v) is 8.22. The summed E-state index contributed by atoms with van der Waals surface area (Å²) in [6.07, 6.45) is 1.39. The van der Waals surface area contributed by atoms with Crippen molar-refractivity contribution in [1.82, 2.24) is 20.3 Å². The number of rotatable bonds is 4. The van der Waals surface area contributed by atoms with Crippen molar-refractivity contribution < 1.29 is 14.3 Å². The van der Waals surface area contributed by atoms with Gasteiger partial charge in [0.1, 0.15) is 22.3 Å². The maximum absolute atomic E-state index is 14.7. The van der Waals surface area contributed by atoms with Crippen molar-refractivity contribution in [2.75, 3.05) is 24.5 Å². The molecule has 3 atom stereocenters. The lowest BCUT2D eigenvalue weighted by Crippen LogP contribution is -2.35. The SMILES string of the molecule is O=C(O)NC[C@]1(c2ccccc2F)[C@@H]2CCN(c3cnc4nc(Cl)ccc4n3)C[C@@H]21. The minimum absolute atomic E-state index is 0.121. The Hall–Kier alpha value is -3.00. The van der Waals surface area contributed by atoms with Crippen LogP contribution in [0.4, 0.5) is 15.0 Å². The molecule has 0 unspecified atom stereocenters. The Morgan fingerprint density at radius 1 is 1.27 bits per heavy atom. The van der Waals surface area contributed by atoms with Crippen LogP contribution in [0.25, 0.3) is 11.2 Å². The van der Waals surface area contributed by atoms with Crippen molar-refractivity contribution in [3.05, 3.63) is 59.1 Å². The number of halogens is 2. The molecule has 1 aliphatic carbocycles. The van der Waals surface area contributed by atoms with Gasteiger partial charge in [0, 0.05) is 25.0 Å². The molecule has 1 amide bonds. The Balaban J connectivity index is 1.45. The predicted octanol–water partition coefficient (Wildman–Crippen LogP) is 3.48. The molecule has 0 bridgehead atoms. The molecule has 3 heterocycles. The molecule has 9 heteroatoms. The first-order valence-corrected chi connectivity index (χ1v) is 10.1. The Labute approximate surface area is 176 Å². The largest absolute Gasteiger partial charge is 0.465 e. The summed E-state index contributed by atoms with van der Waals surface area (Å²) in [6.45, 7) is 1.59. The van der Waals surface area contributed by atoms with Crippen molar-refractivity contribution in [1.29, 1.82) is 0 Å². The fourth-order valence-corrected chi connectivity index (χ4v) is 5.17. The van der Waals surface area contributed by atoms with Crippen LogP contribution >= 0.6 is 11.6 Å². The van der Waals surface area contributed by atoms with Crippen LogP contribution in [0.1, 0.15) is 12.0 Å². The van der Waals surface area contributed by atoms with E-state index in [4.69, 9.17) is 16.7 Å². The van der Waals surface area contributed by atoms with Crippen LogP contribution in [0.15, 0.2) is 42.6 Å². The van der Waals surface area contributed by atoms with E-state index in [0.29, 0.717) is 28.4 Å². The summed E-state index contributed by atoms with van der Waals surface area (Å²) in [5, 5.41) is 12.0. The van der Waals surface area contributed by atoms with E-state index in [1.165, 1.54) is 6.07 Å². The van der Waals surface area contributed by atoms with Crippen molar-refractivity contribution >= 4 is 34.7 Å². The summed E-state index contributed by atoms with van der Waals surface area (Å²) in [4.78, 5) is 26.5. The molecule has 0 spiro atoms. The number of hydrogen-bond donors (Lipinski definition) is 2. The zero-order chi connectivity index (χ0) is 20.9. The van der Waals surface area contributed by atoms with E-state index in [1.807, 2.05) is 0 Å². The lowest BCUT2D eigenvalue weighted by Gasteiger charge is -2.27. The average Bonchev–Trinajstić information content (AvgIpc) is 3.39. The molecule has 2 aromatic heterocycles. The molecule has 1 aromatic carbocycles. The Kier molecular flexibility index (Phi) is 4.47. The van der Waals surface area contributed by atoms with Crippen LogP contribution in [0, 0.1) is 17.7 Å². The Morgan fingerprint density at radius 2 is 2.10 bits per heavy atom. The highest BCUT2D eigenvalue weighted by Gasteiger charge is 2.67. The van der Waals surface area contributed by atoms with Crippen LogP contribution < -0.4 is 10.2 Å². The number of anilines is 1. The Morgan fingerprint density at radius 3 is 2.90 bits per heavy atom. The molecule has 5 rings (SSSR count). The molecule has 1 aliphatic heterocycles. The summed E-state index contributed by atoms with van der Waals surface area (Å²) < 4.78 is 14.7. The third kappa shape index (κ3) is 3.02. The van der Waals surface area contributed by atoms with E-state index in [1.54, 1.807) is 36.5 Å². The first-order chi connectivity index (χ1) is 14.5. The number of nitrogens with zero attached hydrogens (tertiary/aromatic N) is 4. The standard InChI is InChI=1S/C21H19ClFN5O2/c22-17-6-5-16-19(27-17)24-9-18(26-16)28-8-7-12-14(10-28)21(12,11-25-20(29)30)13-3-1-2-4-15(13)23/h1-6,9,12,14,25H,7-8,10-11H2,(H,29,30)/t12-,14+,21-/m1/s1. The fourth-order valence-electron chi connectivity index (χ4n) is 5.03. The number of benzene rings is 1. The number of fused-ring (bicyclic) bond motifs is 2. The summed E-state index contributed by atoms with van der Waals surface area (Å²) in [5.41, 5.74) is 1.18. The van der Waals surface area contributed by atoms with E-state index in [-0.39, 0.29) is 24.2 Å². The van der Waals surface area contributed by atoms with Crippen LogP contribution in [0.5, 0.6) is 0 Å². The van der Waals surface area contributed by atoms with E-state index < -0.39 is 11.5 Å². The normalized spacial score (nSPS) is 25.1. The fraction of sp³-hybridized carbons (Fsp3) is 0.333. The average molecular weight is 428 g/mol. The molecule has 2 fully saturated rings. The quantitative estimate of drug-likeness (QED) is 0.619. The Bertz CT molecular complexity index is 1150. The van der Waals surface area contributed by atoms with Gasteiger partial charge in [-0.2, -0.15) is 0 Å². The lowest BCUT2D eigenvalue weighted by molar-refractivity contribution is 0.192. The van der Waals surface area contributed by atoms with Crippen LogP contribution in [-0.2, 0) is 5.41 Å². The van der Waals surface area contributed by atoms with Crippen molar-refractivity contribution in [2.24, 2.45) is 11.8 Å². The second kappa shape index (κ2) is 7.05. The zero-order valence-electron chi connectivity index (χ0n) is 15.9. The van der Waals surface area contributed by atoms with E-state index in [0.717, 1.165) is 18.8 Å². The van der Waals surface area contributed by atoms with Gasteiger partial charge in [-0.1, -0.05) is 29.8 Å². The lowest BCUT2D eigenvalue weighted by atomic mass is 9.90. The molecule has 2 N–H and O–H groups in total. The van der Waals surface area contributed by atoms with Crippen LogP contribution in [-0.4, -0.2) is 45.8 Å². The number of carboxylic acid groups (broad SMARTS) is 1. The molecule has 1 saturated carbocycles. The second-order valence-electron chi connectivity index (χ2n) is 7.83. The smallest absolute Gasteiger partial charge is 0.404 e. The molecule has 7 nitrogen and oxygen atoms in total. The first kappa shape index (κ1) is 19.0. The minimum Gasteiger partial charge on any atom is -0.465 e. The summed E-state index contributed by atoms with van der Waals surface area (Å²) in [5.74, 6) is 0.770. The van der Waals surface area contributed by atoms with Crippen molar-refractivity contribution in [3.63, 3.8) is 0 Å². The molecular weight excluding hydrogens is 409 g/mol. The van der Waals surface area contributed by atoms with E-state index in [9.17, 15) is 9.18 Å². The maximum Gasteiger partial charge on any atom is 0.404 e. The van der Waals surface area contributed by atoms with Gasteiger partial charge in [-0.25, -0.2) is 24.1 Å². The number of nitrogens with one attached hydrogen (secondary N) is 1. The number of aromatic nitrogens is 3. The predicted molar refractivity (Wildman–Crippen MR) is 110 cm³/mol. The summed E-state index contributed by atoms with van der Waals surface area (Å²) in [6, 6.07) is 10.1. The van der Waals surface area contributed by atoms with Gasteiger partial charge in [-0.15, -0.1) is 0 Å². The number of hydrogen-bond acceptors (Lipinski definition) is 5. The van der Waals surface area contributed by atoms with Gasteiger partial charge in [-0.05, 0) is 42.0 Å². The van der Waals surface area contributed by atoms with Gasteiger partial charge >= 0.3 is 6.09 Å². The molecule has 1 saturated heterocycles. The van der Waals surface area contributed by atoms with E-state index in [2.05, 4.69) is 25.2 Å². The van der Waals surface area contributed by atoms with Gasteiger partial charge in [0.05, 0.1) is 6.20 Å². The third-order valence-corrected chi connectivity index (χ3v) is 6.63. The number of piperidine rings is 1. The van der Waals surface area contributed by atoms with E-state index >= 15 is 0 Å². The van der Waals surface area contributed by atoms with Crippen molar-refractivity contribution in [3.8, 4) is 0 Å². The number of pyridine rings is 1. The van der Waals surface area contributed by atoms with Crippen LogP contribution in [0.2, 0.25) is 5.15 Å². The van der Waals surface area contributed by atoms with Crippen LogP contribution in [0.3, 0.4) is 0 Å². The van der Waals surface area contributed by atoms with Gasteiger partial charge in [0.2, 0.25) is 0 Å². The molecule has 154 valence electrons. The molecule has 3 aromatic rings. The van der Waals surface area contributed by atoms with Gasteiger partial charge in [-0.3, -0.25) is 0 Å². The summed E-state index contributed by atoms with van der Waals surface area (Å²) in [7, 11) is 0. The zero-order valence-corrected chi connectivity index (χ0v) is 16.7. The summed E-state index contributed by atoms with van der Waals surface area (Å²) >= 11 is 5.92. The highest BCUT2D eigenvalue weighted by Crippen LogP contribution is 2.63. The third-order valence-electron chi connectivity index (χ3n) is 6.42. The highest BCUT2D eigenvalue weighted by molar-refractivity contribution is 6.29. The molecule has 30 heavy (non-hydrogen) atoms. The molecular formula is C21H19ClFN5O2. The number of carbonyl (C=O) groups is 1. The molecule has 0 radical (unpaired) electrons. The van der Waals surface area contributed by atoms with Gasteiger partial charge in [0.25, 0.3) is 0 Å². The van der Waals surface area contributed by atoms with Gasteiger partial charge < -0.3 is 15.3 Å².